The van der Waals surface area contributed by atoms with E-state index in [0.717, 1.165) is 11.1 Å². The van der Waals surface area contributed by atoms with Crippen molar-refractivity contribution in [3.8, 4) is 17.2 Å². The van der Waals surface area contributed by atoms with Gasteiger partial charge in [-0.1, -0.05) is 13.8 Å². The Morgan fingerprint density at radius 3 is 2.40 bits per heavy atom. The van der Waals surface area contributed by atoms with Gasteiger partial charge in [0.05, 0.1) is 26.9 Å². The summed E-state index contributed by atoms with van der Waals surface area (Å²) >= 11 is 0. The molecule has 0 radical (unpaired) electrons. The Morgan fingerprint density at radius 1 is 1.16 bits per heavy atom. The molecule has 0 unspecified atom stereocenters. The van der Waals surface area contributed by atoms with E-state index in [1.165, 1.54) is 6.20 Å². The molecule has 6 heteroatoms. The van der Waals surface area contributed by atoms with Gasteiger partial charge in [-0.15, -0.1) is 0 Å². The number of nitrogens with zero attached hydrogens (tertiary/aromatic N) is 1. The van der Waals surface area contributed by atoms with E-state index in [-0.39, 0.29) is 18.4 Å². The number of ether oxygens (including phenoxy) is 3. The van der Waals surface area contributed by atoms with Crippen molar-refractivity contribution in [3.63, 3.8) is 0 Å². The number of benzene rings is 1. The molecule has 1 N–H and O–H groups in total. The molecule has 0 saturated heterocycles. The zero-order valence-electron chi connectivity index (χ0n) is 15.3. The molecule has 134 valence electrons. The van der Waals surface area contributed by atoms with Crippen molar-refractivity contribution in [3.05, 3.63) is 47.3 Å². The molecule has 0 fully saturated rings. The Kier molecular flexibility index (Phi) is 6.22. The Bertz CT molecular complexity index is 730. The molecule has 0 aliphatic heterocycles. The van der Waals surface area contributed by atoms with Crippen LogP contribution >= 0.6 is 0 Å². The first-order valence-corrected chi connectivity index (χ1v) is 8.03. The molecule has 0 bridgehead atoms. The molecule has 2 rings (SSSR count). The van der Waals surface area contributed by atoms with E-state index in [0.29, 0.717) is 22.8 Å². The quantitative estimate of drug-likeness (QED) is 0.835. The second-order valence-corrected chi connectivity index (χ2v) is 5.80. The first-order chi connectivity index (χ1) is 12.0. The minimum absolute atomic E-state index is 0.192. The van der Waals surface area contributed by atoms with Crippen LogP contribution in [0.4, 0.5) is 0 Å². The predicted molar refractivity (Wildman–Crippen MR) is 95.6 cm³/mol. The highest BCUT2D eigenvalue weighted by Gasteiger charge is 2.22. The van der Waals surface area contributed by atoms with Gasteiger partial charge in [-0.05, 0) is 24.1 Å². The summed E-state index contributed by atoms with van der Waals surface area (Å²) in [6.07, 6.45) is 3.15. The maximum Gasteiger partial charge on any atom is 0.253 e. The van der Waals surface area contributed by atoms with E-state index in [2.05, 4.69) is 24.1 Å². The van der Waals surface area contributed by atoms with Gasteiger partial charge in [0.2, 0.25) is 0 Å². The fourth-order valence-corrected chi connectivity index (χ4v) is 2.73. The second-order valence-electron chi connectivity index (χ2n) is 5.80. The summed E-state index contributed by atoms with van der Waals surface area (Å²) in [6, 6.07) is 5.31. The van der Waals surface area contributed by atoms with Crippen molar-refractivity contribution >= 4 is 5.91 Å². The second kappa shape index (κ2) is 8.37. The molecule has 25 heavy (non-hydrogen) atoms. The number of rotatable bonds is 7. The monoisotopic (exact) mass is 344 g/mol. The molecule has 6 nitrogen and oxygen atoms in total. The highest BCUT2D eigenvalue weighted by molar-refractivity contribution is 5.93. The van der Waals surface area contributed by atoms with Gasteiger partial charge in [0, 0.05) is 30.1 Å². The van der Waals surface area contributed by atoms with Gasteiger partial charge in [0.15, 0.2) is 11.5 Å². The van der Waals surface area contributed by atoms with Crippen LogP contribution < -0.4 is 19.5 Å². The standard InChI is InChI=1S/C19H24N2O4/c1-12(2)16-15(23-3)9-14(17(24-4)18(16)25-5)11-21-19(22)13-7-6-8-20-10-13/h6-10,12H,11H2,1-5H3,(H,21,22). The van der Waals surface area contributed by atoms with Gasteiger partial charge in [-0.3, -0.25) is 9.78 Å². The van der Waals surface area contributed by atoms with Crippen LogP contribution in [0.15, 0.2) is 30.6 Å². The Balaban J connectivity index is 2.35. The minimum Gasteiger partial charge on any atom is -0.496 e. The van der Waals surface area contributed by atoms with Crippen LogP contribution in [0.1, 0.15) is 41.3 Å². The van der Waals surface area contributed by atoms with Crippen molar-refractivity contribution in [1.29, 1.82) is 0 Å². The molecule has 1 amide bonds. The fourth-order valence-electron chi connectivity index (χ4n) is 2.73. The molecule has 1 heterocycles. The molecule has 1 aromatic carbocycles. The fraction of sp³-hybridized carbons (Fsp3) is 0.368. The molecule has 2 aromatic rings. The number of hydrogen-bond donors (Lipinski definition) is 1. The Hall–Kier alpha value is -2.76. The third-order valence-corrected chi connectivity index (χ3v) is 3.88. The van der Waals surface area contributed by atoms with Gasteiger partial charge in [-0.25, -0.2) is 0 Å². The van der Waals surface area contributed by atoms with E-state index < -0.39 is 0 Å². The number of carbonyl (C=O) groups excluding carboxylic acids is 1. The van der Waals surface area contributed by atoms with Gasteiger partial charge in [0.1, 0.15) is 5.75 Å². The van der Waals surface area contributed by atoms with Crippen molar-refractivity contribution in [2.75, 3.05) is 21.3 Å². The summed E-state index contributed by atoms with van der Waals surface area (Å²) < 4.78 is 16.6. The van der Waals surface area contributed by atoms with Gasteiger partial charge in [0.25, 0.3) is 5.91 Å². The largest absolute Gasteiger partial charge is 0.496 e. The Labute approximate surface area is 148 Å². The third kappa shape index (κ3) is 4.02. The lowest BCUT2D eigenvalue weighted by atomic mass is 9.97. The van der Waals surface area contributed by atoms with Crippen LogP contribution in [0, 0.1) is 0 Å². The summed E-state index contributed by atoms with van der Waals surface area (Å²) in [5.41, 5.74) is 2.21. The van der Waals surface area contributed by atoms with Crippen LogP contribution in [0.2, 0.25) is 0 Å². The maximum absolute atomic E-state index is 12.2. The van der Waals surface area contributed by atoms with E-state index in [1.807, 2.05) is 6.07 Å². The predicted octanol–water partition coefficient (Wildman–Crippen LogP) is 3.16. The first-order valence-electron chi connectivity index (χ1n) is 8.03. The van der Waals surface area contributed by atoms with E-state index in [4.69, 9.17) is 14.2 Å². The number of pyridine rings is 1. The van der Waals surface area contributed by atoms with Crippen molar-refractivity contribution in [1.82, 2.24) is 10.3 Å². The van der Waals surface area contributed by atoms with Crippen LogP contribution in [0.5, 0.6) is 17.2 Å². The smallest absolute Gasteiger partial charge is 0.253 e. The van der Waals surface area contributed by atoms with E-state index >= 15 is 0 Å². The summed E-state index contributed by atoms with van der Waals surface area (Å²) in [6.45, 7) is 4.40. The number of amides is 1. The van der Waals surface area contributed by atoms with Crippen molar-refractivity contribution in [2.24, 2.45) is 0 Å². The van der Waals surface area contributed by atoms with Gasteiger partial charge in [-0.2, -0.15) is 0 Å². The summed E-state index contributed by atoms with van der Waals surface area (Å²) in [4.78, 5) is 16.2. The molecular weight excluding hydrogens is 320 g/mol. The van der Waals surface area contributed by atoms with Crippen LogP contribution in [0.25, 0.3) is 0 Å². The highest BCUT2D eigenvalue weighted by atomic mass is 16.5. The van der Waals surface area contributed by atoms with Crippen LogP contribution in [-0.4, -0.2) is 32.2 Å². The lowest BCUT2D eigenvalue weighted by Crippen LogP contribution is -2.23. The molecule has 0 atom stereocenters. The average Bonchev–Trinajstić information content (AvgIpc) is 2.64. The normalized spacial score (nSPS) is 10.5. The highest BCUT2D eigenvalue weighted by Crippen LogP contribution is 2.44. The molecule has 0 saturated carbocycles. The molecule has 0 aliphatic carbocycles. The average molecular weight is 344 g/mol. The van der Waals surface area contributed by atoms with Gasteiger partial charge >= 0.3 is 0 Å². The molecule has 0 spiro atoms. The molecular formula is C19H24N2O4. The van der Waals surface area contributed by atoms with E-state index in [1.54, 1.807) is 39.7 Å². The first kappa shape index (κ1) is 18.6. The number of aromatic nitrogens is 1. The lowest BCUT2D eigenvalue weighted by molar-refractivity contribution is 0.0950. The molecule has 0 aliphatic rings. The summed E-state index contributed by atoms with van der Waals surface area (Å²) in [5.74, 6) is 1.91. The number of methoxy groups -OCH3 is 3. The SMILES string of the molecule is COc1cc(CNC(=O)c2cccnc2)c(OC)c(OC)c1C(C)C. The minimum atomic E-state index is -0.207. The van der Waals surface area contributed by atoms with Crippen LogP contribution in [0.3, 0.4) is 0 Å². The number of nitrogens with one attached hydrogen (secondary N) is 1. The third-order valence-electron chi connectivity index (χ3n) is 3.88. The lowest BCUT2D eigenvalue weighted by Gasteiger charge is -2.21. The van der Waals surface area contributed by atoms with Crippen LogP contribution in [-0.2, 0) is 6.54 Å². The number of carbonyl (C=O) groups is 1. The Morgan fingerprint density at radius 2 is 1.88 bits per heavy atom. The van der Waals surface area contributed by atoms with E-state index in [9.17, 15) is 4.79 Å². The van der Waals surface area contributed by atoms with Gasteiger partial charge < -0.3 is 19.5 Å². The zero-order valence-corrected chi connectivity index (χ0v) is 15.3. The summed E-state index contributed by atoms with van der Waals surface area (Å²) in [5, 5.41) is 2.87. The zero-order chi connectivity index (χ0) is 18.4. The summed E-state index contributed by atoms with van der Waals surface area (Å²) in [7, 11) is 4.80. The van der Waals surface area contributed by atoms with Crippen molar-refractivity contribution in [2.45, 2.75) is 26.3 Å². The van der Waals surface area contributed by atoms with Crippen molar-refractivity contribution < 1.29 is 19.0 Å². The maximum atomic E-state index is 12.2. The molecule has 1 aromatic heterocycles. The topological polar surface area (TPSA) is 69.7 Å². The number of hydrogen-bond acceptors (Lipinski definition) is 5.